The van der Waals surface area contributed by atoms with Crippen LogP contribution in [0.15, 0.2) is 30.5 Å². The highest BCUT2D eigenvalue weighted by molar-refractivity contribution is 6.07. The van der Waals surface area contributed by atoms with Gasteiger partial charge in [-0.05, 0) is 18.2 Å². The molecule has 122 valence electrons. The Morgan fingerprint density at radius 1 is 1.29 bits per heavy atom. The number of anilines is 3. The fourth-order valence-corrected chi connectivity index (χ4v) is 2.56. The third kappa shape index (κ3) is 2.37. The van der Waals surface area contributed by atoms with Gasteiger partial charge in [0, 0.05) is 25.0 Å². The molecule has 1 aromatic heterocycles. The fraction of sp³-hybridized carbons (Fsp3) is 0.188. The number of hydrogen-bond acceptors (Lipinski definition) is 6. The van der Waals surface area contributed by atoms with Crippen molar-refractivity contribution in [2.24, 2.45) is 0 Å². The van der Waals surface area contributed by atoms with Crippen molar-refractivity contribution in [3.8, 4) is 11.5 Å². The zero-order chi connectivity index (χ0) is 16.7. The zero-order valence-electron chi connectivity index (χ0n) is 12.8. The summed E-state index contributed by atoms with van der Waals surface area (Å²) in [5.74, 6) is 1.41. The fourth-order valence-electron chi connectivity index (χ4n) is 2.56. The second kappa shape index (κ2) is 5.41. The van der Waals surface area contributed by atoms with Crippen molar-refractivity contribution < 1.29 is 19.1 Å². The second-order valence-electron chi connectivity index (χ2n) is 5.42. The number of fused-ring (bicyclic) bond motifs is 2. The van der Waals surface area contributed by atoms with Crippen LogP contribution < -0.4 is 25.0 Å². The number of rotatable bonds is 2. The van der Waals surface area contributed by atoms with Crippen molar-refractivity contribution in [2.75, 3.05) is 35.9 Å². The van der Waals surface area contributed by atoms with Gasteiger partial charge in [-0.25, -0.2) is 4.98 Å². The monoisotopic (exact) mass is 326 g/mol. The van der Waals surface area contributed by atoms with E-state index in [0.717, 1.165) is 0 Å². The maximum Gasteiger partial charge on any atom is 0.257 e. The first-order valence-electron chi connectivity index (χ1n) is 7.33. The topological polar surface area (TPSA) is 92.8 Å². The molecule has 8 heteroatoms. The molecule has 3 heterocycles. The SMILES string of the molecule is CN1C(=O)CNc2ncc(C(=O)Nc3ccc4c(c3)OCO4)cc21. The van der Waals surface area contributed by atoms with Gasteiger partial charge in [0.2, 0.25) is 12.7 Å². The highest BCUT2D eigenvalue weighted by atomic mass is 16.7. The predicted octanol–water partition coefficient (Wildman–Crippen LogP) is 1.45. The molecule has 24 heavy (non-hydrogen) atoms. The van der Waals surface area contributed by atoms with Gasteiger partial charge >= 0.3 is 0 Å². The van der Waals surface area contributed by atoms with Crippen molar-refractivity contribution in [3.05, 3.63) is 36.0 Å². The number of benzene rings is 1. The molecule has 0 unspecified atom stereocenters. The number of carbonyl (C=O) groups is 2. The van der Waals surface area contributed by atoms with Crippen molar-refractivity contribution in [2.45, 2.75) is 0 Å². The van der Waals surface area contributed by atoms with Crippen LogP contribution in [0, 0.1) is 0 Å². The number of ether oxygens (including phenoxy) is 2. The molecule has 2 aliphatic rings. The highest BCUT2D eigenvalue weighted by Gasteiger charge is 2.23. The smallest absolute Gasteiger partial charge is 0.257 e. The van der Waals surface area contributed by atoms with Crippen LogP contribution in [-0.2, 0) is 4.79 Å². The van der Waals surface area contributed by atoms with Crippen LogP contribution in [0.3, 0.4) is 0 Å². The molecule has 0 aliphatic carbocycles. The maximum atomic E-state index is 12.4. The summed E-state index contributed by atoms with van der Waals surface area (Å²) >= 11 is 0. The lowest BCUT2D eigenvalue weighted by atomic mass is 10.2. The second-order valence-corrected chi connectivity index (χ2v) is 5.42. The molecule has 4 rings (SSSR count). The predicted molar refractivity (Wildman–Crippen MR) is 86.7 cm³/mol. The van der Waals surface area contributed by atoms with Gasteiger partial charge in [0.25, 0.3) is 5.91 Å². The van der Waals surface area contributed by atoms with Crippen LogP contribution in [0.1, 0.15) is 10.4 Å². The molecule has 2 N–H and O–H groups in total. The Morgan fingerprint density at radius 2 is 2.12 bits per heavy atom. The average molecular weight is 326 g/mol. The Balaban J connectivity index is 1.58. The first-order valence-corrected chi connectivity index (χ1v) is 7.33. The van der Waals surface area contributed by atoms with Crippen LogP contribution in [0.5, 0.6) is 11.5 Å². The minimum absolute atomic E-state index is 0.0855. The van der Waals surface area contributed by atoms with E-state index in [4.69, 9.17) is 9.47 Å². The summed E-state index contributed by atoms with van der Waals surface area (Å²) in [5.41, 5.74) is 1.52. The normalized spacial score (nSPS) is 14.9. The molecular formula is C16H14N4O4. The van der Waals surface area contributed by atoms with Gasteiger partial charge in [0.05, 0.1) is 17.8 Å². The average Bonchev–Trinajstić information content (AvgIpc) is 3.05. The quantitative estimate of drug-likeness (QED) is 0.868. The van der Waals surface area contributed by atoms with Crippen LogP contribution in [-0.4, -0.2) is 37.2 Å². The van der Waals surface area contributed by atoms with Crippen molar-refractivity contribution in [1.29, 1.82) is 0 Å². The Labute approximate surface area is 137 Å². The third-order valence-electron chi connectivity index (χ3n) is 3.90. The van der Waals surface area contributed by atoms with Gasteiger partial charge < -0.3 is 25.0 Å². The Bertz CT molecular complexity index is 852. The number of carbonyl (C=O) groups excluding carboxylic acids is 2. The van der Waals surface area contributed by atoms with Crippen LogP contribution in [0.2, 0.25) is 0 Å². The lowest BCUT2D eigenvalue weighted by Gasteiger charge is -2.26. The molecule has 0 fully saturated rings. The molecule has 0 atom stereocenters. The minimum Gasteiger partial charge on any atom is -0.454 e. The number of nitrogens with zero attached hydrogens (tertiary/aromatic N) is 2. The van der Waals surface area contributed by atoms with Gasteiger partial charge in [-0.3, -0.25) is 9.59 Å². The van der Waals surface area contributed by atoms with E-state index in [0.29, 0.717) is 34.3 Å². The van der Waals surface area contributed by atoms with E-state index in [1.807, 2.05) is 0 Å². The summed E-state index contributed by atoms with van der Waals surface area (Å²) < 4.78 is 10.5. The number of likely N-dealkylation sites (N-methyl/N-ethyl adjacent to an activating group) is 1. The van der Waals surface area contributed by atoms with Gasteiger partial charge in [-0.15, -0.1) is 0 Å². The molecule has 8 nitrogen and oxygen atoms in total. The van der Waals surface area contributed by atoms with Crippen molar-refractivity contribution in [3.63, 3.8) is 0 Å². The van der Waals surface area contributed by atoms with Crippen LogP contribution in [0.25, 0.3) is 0 Å². The Morgan fingerprint density at radius 3 is 3.00 bits per heavy atom. The Kier molecular flexibility index (Phi) is 3.23. The third-order valence-corrected chi connectivity index (χ3v) is 3.90. The number of amides is 2. The standard InChI is InChI=1S/C16H14N4O4/c1-20-11-4-9(6-17-15(11)18-7-14(20)21)16(22)19-10-2-3-12-13(5-10)24-8-23-12/h2-6H,7-8H2,1H3,(H,17,18)(H,19,22). The van der Waals surface area contributed by atoms with Gasteiger partial charge in [0.1, 0.15) is 5.82 Å². The zero-order valence-corrected chi connectivity index (χ0v) is 12.8. The lowest BCUT2D eigenvalue weighted by molar-refractivity contribution is -0.116. The largest absolute Gasteiger partial charge is 0.454 e. The molecule has 0 spiro atoms. The molecule has 0 saturated heterocycles. The van der Waals surface area contributed by atoms with Crippen LogP contribution >= 0.6 is 0 Å². The van der Waals surface area contributed by atoms with E-state index in [1.54, 1.807) is 31.3 Å². The maximum absolute atomic E-state index is 12.4. The summed E-state index contributed by atoms with van der Waals surface area (Å²) in [6, 6.07) is 6.80. The first kappa shape index (κ1) is 14.3. The molecule has 2 aromatic rings. The molecule has 0 radical (unpaired) electrons. The summed E-state index contributed by atoms with van der Waals surface area (Å²) in [4.78, 5) is 29.9. The molecular weight excluding hydrogens is 312 g/mol. The number of aromatic nitrogens is 1. The van der Waals surface area contributed by atoms with Gasteiger partial charge in [-0.2, -0.15) is 0 Å². The van der Waals surface area contributed by atoms with E-state index in [9.17, 15) is 9.59 Å². The number of nitrogens with one attached hydrogen (secondary N) is 2. The number of pyridine rings is 1. The van der Waals surface area contributed by atoms with Crippen LogP contribution in [0.4, 0.5) is 17.2 Å². The summed E-state index contributed by atoms with van der Waals surface area (Å²) in [6.45, 7) is 0.369. The molecule has 0 saturated carbocycles. The van der Waals surface area contributed by atoms with Crippen molar-refractivity contribution in [1.82, 2.24) is 4.98 Å². The van der Waals surface area contributed by atoms with Gasteiger partial charge in [0.15, 0.2) is 11.5 Å². The summed E-state index contributed by atoms with van der Waals surface area (Å²) in [5, 5.41) is 5.70. The van der Waals surface area contributed by atoms with E-state index < -0.39 is 0 Å². The summed E-state index contributed by atoms with van der Waals surface area (Å²) in [7, 11) is 1.66. The first-order chi connectivity index (χ1) is 11.6. The molecule has 2 amide bonds. The van der Waals surface area contributed by atoms with E-state index in [1.165, 1.54) is 11.1 Å². The highest BCUT2D eigenvalue weighted by Crippen LogP contribution is 2.34. The Hall–Kier alpha value is -3.29. The number of hydrogen-bond donors (Lipinski definition) is 2. The van der Waals surface area contributed by atoms with Gasteiger partial charge in [-0.1, -0.05) is 0 Å². The van der Waals surface area contributed by atoms with E-state index >= 15 is 0 Å². The minimum atomic E-state index is -0.324. The lowest BCUT2D eigenvalue weighted by Crippen LogP contribution is -2.37. The van der Waals surface area contributed by atoms with E-state index in [-0.39, 0.29) is 25.2 Å². The summed E-state index contributed by atoms with van der Waals surface area (Å²) in [6.07, 6.45) is 1.47. The molecule has 2 aliphatic heterocycles. The van der Waals surface area contributed by atoms with E-state index in [2.05, 4.69) is 15.6 Å². The van der Waals surface area contributed by atoms with Crippen molar-refractivity contribution >= 4 is 29.0 Å². The molecule has 0 bridgehead atoms. The molecule has 1 aromatic carbocycles.